The Hall–Kier alpha value is -0.580. The van der Waals surface area contributed by atoms with Crippen molar-refractivity contribution in [3.8, 4) is 0 Å². The molecule has 0 spiro atoms. The van der Waals surface area contributed by atoms with Crippen LogP contribution in [0.15, 0.2) is 24.3 Å². The summed E-state index contributed by atoms with van der Waals surface area (Å²) < 4.78 is 1.11. The van der Waals surface area contributed by atoms with Gasteiger partial charge in [0.1, 0.15) is 0 Å². The topological polar surface area (TPSA) is 20.3 Å². The minimum atomic E-state index is 0.160. The van der Waals surface area contributed by atoms with E-state index in [1.807, 2.05) is 36.2 Å². The summed E-state index contributed by atoms with van der Waals surface area (Å²) in [4.78, 5) is 14.4. The van der Waals surface area contributed by atoms with Gasteiger partial charge in [-0.15, -0.1) is 0 Å². The number of rotatable bonds is 2. The molecule has 1 amide bonds. The molecule has 0 bridgehead atoms. The van der Waals surface area contributed by atoms with Crippen LogP contribution in [0.1, 0.15) is 43.0 Å². The zero-order valence-electron chi connectivity index (χ0n) is 11.0. The van der Waals surface area contributed by atoms with E-state index >= 15 is 0 Å². The van der Waals surface area contributed by atoms with Gasteiger partial charge in [-0.1, -0.05) is 25.8 Å². The Morgan fingerprint density at radius 1 is 1.33 bits per heavy atom. The number of hydrogen-bond donors (Lipinski definition) is 0. The lowest BCUT2D eigenvalue weighted by atomic mass is 9.85. The molecule has 3 heteroatoms. The molecule has 2 rings (SSSR count). The Bertz CT molecular complexity index is 432. The molecular formula is C15H20INO. The predicted octanol–water partition coefficient (Wildman–Crippen LogP) is 3.94. The van der Waals surface area contributed by atoms with Crippen molar-refractivity contribution in [2.75, 3.05) is 7.05 Å². The highest BCUT2D eigenvalue weighted by molar-refractivity contribution is 14.1. The van der Waals surface area contributed by atoms with Crippen molar-refractivity contribution < 1.29 is 4.79 Å². The van der Waals surface area contributed by atoms with Crippen molar-refractivity contribution in [1.29, 1.82) is 0 Å². The first-order valence-electron chi connectivity index (χ1n) is 6.62. The molecule has 0 aliphatic heterocycles. The average Bonchev–Trinajstić information content (AvgIpc) is 2.37. The third-order valence-electron chi connectivity index (χ3n) is 3.96. The molecule has 0 heterocycles. The van der Waals surface area contributed by atoms with Crippen LogP contribution in [0.4, 0.5) is 0 Å². The van der Waals surface area contributed by atoms with Gasteiger partial charge in [0.25, 0.3) is 5.91 Å². The average molecular weight is 357 g/mol. The van der Waals surface area contributed by atoms with E-state index in [0.29, 0.717) is 12.0 Å². The Labute approximate surface area is 123 Å². The van der Waals surface area contributed by atoms with Crippen molar-refractivity contribution in [3.63, 3.8) is 0 Å². The summed E-state index contributed by atoms with van der Waals surface area (Å²) in [6.07, 6.45) is 4.95. The zero-order chi connectivity index (χ0) is 13.1. The van der Waals surface area contributed by atoms with Gasteiger partial charge in [-0.2, -0.15) is 0 Å². The van der Waals surface area contributed by atoms with Crippen LogP contribution in [-0.2, 0) is 0 Å². The lowest BCUT2D eigenvalue weighted by molar-refractivity contribution is 0.0629. The number of halogens is 1. The van der Waals surface area contributed by atoms with Crippen LogP contribution in [-0.4, -0.2) is 23.9 Å². The smallest absolute Gasteiger partial charge is 0.253 e. The van der Waals surface area contributed by atoms with Crippen molar-refractivity contribution in [1.82, 2.24) is 4.90 Å². The van der Waals surface area contributed by atoms with Crippen LogP contribution in [0.3, 0.4) is 0 Å². The molecule has 1 saturated carbocycles. The van der Waals surface area contributed by atoms with Gasteiger partial charge in [-0.05, 0) is 59.5 Å². The fourth-order valence-electron chi connectivity index (χ4n) is 2.85. The summed E-state index contributed by atoms with van der Waals surface area (Å²) in [5, 5.41) is 0. The van der Waals surface area contributed by atoms with Crippen LogP contribution >= 0.6 is 22.6 Å². The lowest BCUT2D eigenvalue weighted by Crippen LogP contribution is -2.42. The Morgan fingerprint density at radius 2 is 2.06 bits per heavy atom. The summed E-state index contributed by atoms with van der Waals surface area (Å²) >= 11 is 2.25. The molecule has 0 N–H and O–H groups in total. The molecular weight excluding hydrogens is 337 g/mol. The van der Waals surface area contributed by atoms with Gasteiger partial charge in [0.2, 0.25) is 0 Å². The van der Waals surface area contributed by atoms with Crippen molar-refractivity contribution in [2.45, 2.75) is 38.6 Å². The summed E-state index contributed by atoms with van der Waals surface area (Å²) in [7, 11) is 1.95. The van der Waals surface area contributed by atoms with Crippen molar-refractivity contribution in [2.24, 2.45) is 5.92 Å². The van der Waals surface area contributed by atoms with Gasteiger partial charge in [-0.3, -0.25) is 4.79 Å². The molecule has 98 valence electrons. The SMILES string of the molecule is CC1CCCCC1N(C)C(=O)c1cccc(I)c1. The summed E-state index contributed by atoms with van der Waals surface area (Å²) in [6, 6.07) is 8.25. The van der Waals surface area contributed by atoms with Crippen LogP contribution in [0, 0.1) is 9.49 Å². The number of benzene rings is 1. The number of carbonyl (C=O) groups excluding carboxylic acids is 1. The summed E-state index contributed by atoms with van der Waals surface area (Å²) in [5.74, 6) is 0.780. The van der Waals surface area contributed by atoms with E-state index in [9.17, 15) is 4.79 Å². The van der Waals surface area contributed by atoms with E-state index < -0.39 is 0 Å². The molecule has 1 aromatic carbocycles. The first-order chi connectivity index (χ1) is 8.59. The normalized spacial score (nSPS) is 23.7. The molecule has 2 atom stereocenters. The van der Waals surface area contributed by atoms with E-state index in [1.54, 1.807) is 0 Å². The second-order valence-electron chi connectivity index (χ2n) is 5.26. The predicted molar refractivity (Wildman–Crippen MR) is 82.7 cm³/mol. The minimum Gasteiger partial charge on any atom is -0.338 e. The molecule has 0 radical (unpaired) electrons. The highest BCUT2D eigenvalue weighted by atomic mass is 127. The largest absolute Gasteiger partial charge is 0.338 e. The molecule has 1 fully saturated rings. The zero-order valence-corrected chi connectivity index (χ0v) is 13.2. The Balaban J connectivity index is 2.13. The Morgan fingerprint density at radius 3 is 2.72 bits per heavy atom. The van der Waals surface area contributed by atoms with Gasteiger partial charge < -0.3 is 4.90 Å². The number of hydrogen-bond acceptors (Lipinski definition) is 1. The van der Waals surface area contributed by atoms with E-state index in [-0.39, 0.29) is 5.91 Å². The molecule has 1 aromatic rings. The second kappa shape index (κ2) is 6.04. The van der Waals surface area contributed by atoms with Crippen LogP contribution in [0.5, 0.6) is 0 Å². The maximum atomic E-state index is 12.5. The van der Waals surface area contributed by atoms with E-state index in [0.717, 1.165) is 15.6 Å². The molecule has 2 unspecified atom stereocenters. The fourth-order valence-corrected chi connectivity index (χ4v) is 3.39. The standard InChI is InChI=1S/C15H20INO/c1-11-6-3-4-9-14(11)17(2)15(18)12-7-5-8-13(16)10-12/h5,7-8,10-11,14H,3-4,6,9H2,1-2H3. The highest BCUT2D eigenvalue weighted by Gasteiger charge is 2.28. The van der Waals surface area contributed by atoms with Crippen LogP contribution in [0.25, 0.3) is 0 Å². The number of amides is 1. The van der Waals surface area contributed by atoms with Crippen molar-refractivity contribution >= 4 is 28.5 Å². The van der Waals surface area contributed by atoms with Gasteiger partial charge in [0.15, 0.2) is 0 Å². The van der Waals surface area contributed by atoms with E-state index in [2.05, 4.69) is 29.5 Å². The highest BCUT2D eigenvalue weighted by Crippen LogP contribution is 2.28. The first kappa shape index (κ1) is 13.8. The minimum absolute atomic E-state index is 0.160. The van der Waals surface area contributed by atoms with Gasteiger partial charge in [0, 0.05) is 22.2 Å². The van der Waals surface area contributed by atoms with Gasteiger partial charge in [-0.25, -0.2) is 0 Å². The summed E-state index contributed by atoms with van der Waals surface area (Å²) in [5.41, 5.74) is 0.808. The first-order valence-corrected chi connectivity index (χ1v) is 7.70. The quantitative estimate of drug-likeness (QED) is 0.735. The molecule has 18 heavy (non-hydrogen) atoms. The number of carbonyl (C=O) groups is 1. The van der Waals surface area contributed by atoms with Crippen LogP contribution < -0.4 is 0 Å². The molecule has 1 aliphatic rings. The maximum absolute atomic E-state index is 12.5. The summed E-state index contributed by atoms with van der Waals surface area (Å²) in [6.45, 7) is 2.27. The second-order valence-corrected chi connectivity index (χ2v) is 6.50. The van der Waals surface area contributed by atoms with Gasteiger partial charge in [0.05, 0.1) is 0 Å². The molecule has 2 nitrogen and oxygen atoms in total. The Kier molecular flexibility index (Phi) is 4.65. The molecule has 0 aromatic heterocycles. The number of nitrogens with zero attached hydrogens (tertiary/aromatic N) is 1. The maximum Gasteiger partial charge on any atom is 0.253 e. The molecule has 0 saturated heterocycles. The monoisotopic (exact) mass is 357 g/mol. The third-order valence-corrected chi connectivity index (χ3v) is 4.63. The lowest BCUT2D eigenvalue weighted by Gasteiger charge is -2.36. The van der Waals surface area contributed by atoms with E-state index in [1.165, 1.54) is 19.3 Å². The van der Waals surface area contributed by atoms with Crippen molar-refractivity contribution in [3.05, 3.63) is 33.4 Å². The third kappa shape index (κ3) is 3.05. The van der Waals surface area contributed by atoms with Crippen LogP contribution in [0.2, 0.25) is 0 Å². The van der Waals surface area contributed by atoms with Gasteiger partial charge >= 0.3 is 0 Å². The fraction of sp³-hybridized carbons (Fsp3) is 0.533. The molecule has 1 aliphatic carbocycles. The van der Waals surface area contributed by atoms with E-state index in [4.69, 9.17) is 0 Å².